The lowest BCUT2D eigenvalue weighted by Gasteiger charge is -2.45. The number of fused-ring (bicyclic) bond motifs is 2. The molecule has 6 heteroatoms. The Balaban J connectivity index is 1.25. The molecular weight excluding hydrogens is 366 g/mol. The standard InChI is InChI=1S/C23H29N3O3/c1-18-7-8-20(28-18)16-24-11-9-23(10-12-24)21-17-25(13-14-26(21)22(27)29-23)15-19-5-3-2-4-6-19/h2-8,21H,9-17H2,1H3. The Morgan fingerprint density at radius 1 is 0.966 bits per heavy atom. The van der Waals surface area contributed by atoms with Crippen molar-refractivity contribution in [3.63, 3.8) is 0 Å². The molecule has 1 unspecified atom stereocenters. The zero-order valence-electron chi connectivity index (χ0n) is 17.0. The van der Waals surface area contributed by atoms with Gasteiger partial charge in [-0.1, -0.05) is 30.3 Å². The molecule has 3 saturated heterocycles. The number of ether oxygens (including phenoxy) is 1. The Hall–Kier alpha value is -2.31. The van der Waals surface area contributed by atoms with Crippen LogP contribution in [0.25, 0.3) is 0 Å². The second-order valence-electron chi connectivity index (χ2n) is 8.65. The molecule has 1 spiro atoms. The zero-order valence-corrected chi connectivity index (χ0v) is 17.0. The van der Waals surface area contributed by atoms with E-state index in [0.717, 1.165) is 70.2 Å². The van der Waals surface area contributed by atoms with Crippen LogP contribution in [0.4, 0.5) is 4.79 Å². The normalized spacial score (nSPS) is 24.7. The first kappa shape index (κ1) is 18.7. The van der Waals surface area contributed by atoms with E-state index in [9.17, 15) is 4.79 Å². The smallest absolute Gasteiger partial charge is 0.410 e. The highest BCUT2D eigenvalue weighted by atomic mass is 16.6. The minimum atomic E-state index is -0.345. The van der Waals surface area contributed by atoms with Crippen LogP contribution in [0, 0.1) is 6.92 Å². The van der Waals surface area contributed by atoms with Gasteiger partial charge >= 0.3 is 6.09 Å². The summed E-state index contributed by atoms with van der Waals surface area (Å²) >= 11 is 0. The maximum atomic E-state index is 12.6. The molecule has 2 aromatic rings. The SMILES string of the molecule is Cc1ccc(CN2CCC3(CC2)OC(=O)N2CCN(Cc4ccccc4)CC23)o1. The molecule has 0 saturated carbocycles. The van der Waals surface area contributed by atoms with Crippen LogP contribution >= 0.6 is 0 Å². The molecule has 0 bridgehead atoms. The van der Waals surface area contributed by atoms with Gasteiger partial charge in [0.1, 0.15) is 17.1 Å². The molecule has 3 aliphatic heterocycles. The van der Waals surface area contributed by atoms with Crippen LogP contribution in [0.1, 0.15) is 29.9 Å². The van der Waals surface area contributed by atoms with E-state index in [4.69, 9.17) is 9.15 Å². The molecule has 1 atom stereocenters. The fourth-order valence-corrected chi connectivity index (χ4v) is 5.11. The Kier molecular flexibility index (Phi) is 4.84. The number of hydrogen-bond donors (Lipinski definition) is 0. The molecule has 0 N–H and O–H groups in total. The van der Waals surface area contributed by atoms with Crippen LogP contribution < -0.4 is 0 Å². The molecule has 6 nitrogen and oxygen atoms in total. The number of nitrogens with zero attached hydrogens (tertiary/aromatic N) is 3. The largest absolute Gasteiger partial charge is 0.465 e. The number of carbonyl (C=O) groups is 1. The molecule has 1 amide bonds. The number of hydrogen-bond acceptors (Lipinski definition) is 5. The van der Waals surface area contributed by atoms with Gasteiger partial charge in [-0.2, -0.15) is 0 Å². The van der Waals surface area contributed by atoms with Crippen molar-refractivity contribution in [1.82, 2.24) is 14.7 Å². The molecule has 5 rings (SSSR count). The second kappa shape index (κ2) is 7.50. The van der Waals surface area contributed by atoms with Gasteiger partial charge in [-0.05, 0) is 24.6 Å². The monoisotopic (exact) mass is 395 g/mol. The van der Waals surface area contributed by atoms with Gasteiger partial charge in [0.25, 0.3) is 0 Å². The third-order valence-corrected chi connectivity index (χ3v) is 6.72. The number of furan rings is 1. The van der Waals surface area contributed by atoms with E-state index in [1.807, 2.05) is 17.9 Å². The summed E-state index contributed by atoms with van der Waals surface area (Å²) in [6.07, 6.45) is 1.65. The van der Waals surface area contributed by atoms with Gasteiger partial charge in [0.15, 0.2) is 0 Å². The summed E-state index contributed by atoms with van der Waals surface area (Å²) in [6.45, 7) is 8.13. The maximum Gasteiger partial charge on any atom is 0.410 e. The van der Waals surface area contributed by atoms with Crippen molar-refractivity contribution in [2.75, 3.05) is 32.7 Å². The number of benzene rings is 1. The van der Waals surface area contributed by atoms with Gasteiger partial charge < -0.3 is 9.15 Å². The van der Waals surface area contributed by atoms with E-state index in [-0.39, 0.29) is 17.7 Å². The van der Waals surface area contributed by atoms with Crippen molar-refractivity contribution < 1.29 is 13.9 Å². The van der Waals surface area contributed by atoms with Gasteiger partial charge in [0, 0.05) is 52.1 Å². The predicted octanol–water partition coefficient (Wildman–Crippen LogP) is 3.26. The molecule has 4 heterocycles. The Bertz CT molecular complexity index is 857. The van der Waals surface area contributed by atoms with Crippen LogP contribution in [0.3, 0.4) is 0 Å². The van der Waals surface area contributed by atoms with E-state index in [1.165, 1.54) is 5.56 Å². The Morgan fingerprint density at radius 3 is 2.48 bits per heavy atom. The summed E-state index contributed by atoms with van der Waals surface area (Å²) in [5.41, 5.74) is 0.978. The maximum absolute atomic E-state index is 12.6. The van der Waals surface area contributed by atoms with Crippen molar-refractivity contribution >= 4 is 6.09 Å². The first-order valence-electron chi connectivity index (χ1n) is 10.6. The summed E-state index contributed by atoms with van der Waals surface area (Å²) < 4.78 is 11.8. The highest BCUT2D eigenvalue weighted by molar-refractivity contribution is 5.72. The molecule has 154 valence electrons. The van der Waals surface area contributed by atoms with E-state index in [1.54, 1.807) is 0 Å². The van der Waals surface area contributed by atoms with E-state index >= 15 is 0 Å². The quantitative estimate of drug-likeness (QED) is 0.795. The van der Waals surface area contributed by atoms with Crippen LogP contribution in [0.2, 0.25) is 0 Å². The van der Waals surface area contributed by atoms with Crippen LogP contribution in [0.15, 0.2) is 46.9 Å². The fraction of sp³-hybridized carbons (Fsp3) is 0.522. The number of aryl methyl sites for hydroxylation is 1. The van der Waals surface area contributed by atoms with E-state index < -0.39 is 0 Å². The fourth-order valence-electron chi connectivity index (χ4n) is 5.11. The van der Waals surface area contributed by atoms with Gasteiger partial charge in [-0.3, -0.25) is 14.7 Å². The number of likely N-dealkylation sites (tertiary alicyclic amines) is 1. The molecule has 3 fully saturated rings. The molecule has 29 heavy (non-hydrogen) atoms. The number of rotatable bonds is 4. The highest BCUT2D eigenvalue weighted by Gasteiger charge is 2.56. The minimum absolute atomic E-state index is 0.121. The van der Waals surface area contributed by atoms with Crippen molar-refractivity contribution in [1.29, 1.82) is 0 Å². The van der Waals surface area contributed by atoms with E-state index in [2.05, 4.69) is 46.2 Å². The summed E-state index contributed by atoms with van der Waals surface area (Å²) in [4.78, 5) is 19.4. The molecule has 3 aliphatic rings. The summed E-state index contributed by atoms with van der Waals surface area (Å²) in [7, 11) is 0. The van der Waals surface area contributed by atoms with Crippen molar-refractivity contribution in [2.24, 2.45) is 0 Å². The number of piperazine rings is 1. The second-order valence-corrected chi connectivity index (χ2v) is 8.65. The van der Waals surface area contributed by atoms with Crippen LogP contribution in [0.5, 0.6) is 0 Å². The first-order valence-corrected chi connectivity index (χ1v) is 10.6. The molecular formula is C23H29N3O3. The Labute approximate surface area is 172 Å². The molecule has 0 radical (unpaired) electrons. The summed E-state index contributed by atoms with van der Waals surface area (Å²) in [5.74, 6) is 1.96. The lowest BCUT2D eigenvalue weighted by Crippen LogP contribution is -2.60. The summed E-state index contributed by atoms with van der Waals surface area (Å²) in [6, 6.07) is 14.8. The number of piperidine rings is 1. The molecule has 0 aliphatic carbocycles. The number of amides is 1. The van der Waals surface area contributed by atoms with E-state index in [0.29, 0.717) is 0 Å². The van der Waals surface area contributed by atoms with Crippen molar-refractivity contribution in [2.45, 2.75) is 44.5 Å². The lowest BCUT2D eigenvalue weighted by molar-refractivity contribution is -0.0378. The average molecular weight is 396 g/mol. The third-order valence-electron chi connectivity index (χ3n) is 6.72. The summed E-state index contributed by atoms with van der Waals surface area (Å²) in [5, 5.41) is 0. The molecule has 1 aromatic heterocycles. The lowest BCUT2D eigenvalue weighted by atomic mass is 9.83. The van der Waals surface area contributed by atoms with Crippen molar-refractivity contribution in [3.8, 4) is 0 Å². The van der Waals surface area contributed by atoms with Gasteiger partial charge in [-0.15, -0.1) is 0 Å². The first-order chi connectivity index (χ1) is 14.1. The van der Waals surface area contributed by atoms with Gasteiger partial charge in [-0.25, -0.2) is 4.79 Å². The topological polar surface area (TPSA) is 49.2 Å². The highest BCUT2D eigenvalue weighted by Crippen LogP contribution is 2.40. The van der Waals surface area contributed by atoms with Crippen LogP contribution in [-0.4, -0.2) is 65.2 Å². The number of carbonyl (C=O) groups excluding carboxylic acids is 1. The van der Waals surface area contributed by atoms with Crippen molar-refractivity contribution in [3.05, 3.63) is 59.5 Å². The average Bonchev–Trinajstić information content (AvgIpc) is 3.25. The molecule has 1 aromatic carbocycles. The minimum Gasteiger partial charge on any atom is -0.465 e. The van der Waals surface area contributed by atoms with Gasteiger partial charge in [0.05, 0.1) is 12.6 Å². The third kappa shape index (κ3) is 3.67. The zero-order chi connectivity index (χ0) is 19.8. The van der Waals surface area contributed by atoms with Crippen LogP contribution in [-0.2, 0) is 17.8 Å². The Morgan fingerprint density at radius 2 is 1.76 bits per heavy atom. The van der Waals surface area contributed by atoms with Gasteiger partial charge in [0.2, 0.25) is 0 Å². The predicted molar refractivity (Wildman–Crippen MR) is 109 cm³/mol.